The summed E-state index contributed by atoms with van der Waals surface area (Å²) in [6.07, 6.45) is 2.68. The number of amides is 1. The molecule has 2 aliphatic heterocycles. The Bertz CT molecular complexity index is 1010. The number of carbonyl (C=O) groups is 1. The summed E-state index contributed by atoms with van der Waals surface area (Å²) >= 11 is 0. The molecule has 4 atom stereocenters. The maximum atomic E-state index is 13.0. The second-order valence-corrected chi connectivity index (χ2v) is 9.99. The van der Waals surface area contributed by atoms with Crippen molar-refractivity contribution in [1.82, 2.24) is 10.2 Å². The lowest BCUT2D eigenvalue weighted by atomic mass is 9.91. The number of nitrogens with one attached hydrogen (secondary N) is 1. The van der Waals surface area contributed by atoms with Crippen molar-refractivity contribution in [2.24, 2.45) is 5.92 Å². The predicted octanol–water partition coefficient (Wildman–Crippen LogP) is 3.96. The number of methoxy groups -OCH3 is 1. The molecule has 0 unspecified atom stereocenters. The number of hydrogen-bond donors (Lipinski definition) is 2. The van der Waals surface area contributed by atoms with Gasteiger partial charge < -0.3 is 29.4 Å². The maximum Gasteiger partial charge on any atom is 0.223 e. The van der Waals surface area contributed by atoms with E-state index in [1.165, 1.54) is 6.42 Å². The number of aliphatic hydroxyl groups is 1. The molecule has 0 spiro atoms. The van der Waals surface area contributed by atoms with E-state index in [4.69, 9.17) is 18.9 Å². The standard InChI is InChI=1S/C29H40N2O6/c1-4-22-7-5-20(2)18-31(22)19-25(29(33)21-6-12-26-27(17-21)37-16-15-36-26)30-28(32)13-14-35-24-10-8-23(34-3)9-11-24/h6,8-12,17,20,22,25,29,33H,4-5,7,13-16,18-19H2,1-3H3,(H,30,32)/t20-,22+,25+,29+/m0/s1. The lowest BCUT2D eigenvalue weighted by Gasteiger charge is -2.41. The van der Waals surface area contributed by atoms with Gasteiger partial charge in [0.1, 0.15) is 30.8 Å². The summed E-state index contributed by atoms with van der Waals surface area (Å²) in [6.45, 7) is 7.23. The SMILES string of the molecule is CC[C@@H]1CC[C@H](C)CN1C[C@@H](NC(=O)CCOc1ccc(OC)cc1)[C@H](O)c1ccc2c(c1)OCCO2. The molecule has 2 aromatic rings. The number of benzene rings is 2. The molecule has 4 rings (SSSR count). The van der Waals surface area contributed by atoms with E-state index >= 15 is 0 Å². The quantitative estimate of drug-likeness (QED) is 0.471. The minimum atomic E-state index is -0.892. The summed E-state index contributed by atoms with van der Waals surface area (Å²) in [5.41, 5.74) is 0.696. The monoisotopic (exact) mass is 512 g/mol. The van der Waals surface area contributed by atoms with Gasteiger partial charge in [-0.15, -0.1) is 0 Å². The van der Waals surface area contributed by atoms with Gasteiger partial charge >= 0.3 is 0 Å². The van der Waals surface area contributed by atoms with Crippen LogP contribution in [0.2, 0.25) is 0 Å². The van der Waals surface area contributed by atoms with Gasteiger partial charge in [0.25, 0.3) is 0 Å². The average molecular weight is 513 g/mol. The highest BCUT2D eigenvalue weighted by molar-refractivity contribution is 5.76. The fourth-order valence-corrected chi connectivity index (χ4v) is 5.15. The van der Waals surface area contributed by atoms with Crippen LogP contribution in [0.1, 0.15) is 51.2 Å². The topological polar surface area (TPSA) is 89.5 Å². The molecule has 1 saturated heterocycles. The van der Waals surface area contributed by atoms with Crippen molar-refractivity contribution in [1.29, 1.82) is 0 Å². The Kier molecular flexibility index (Phi) is 9.52. The number of rotatable bonds is 11. The number of nitrogens with zero attached hydrogens (tertiary/aromatic N) is 1. The van der Waals surface area contributed by atoms with E-state index in [1.54, 1.807) is 7.11 Å². The predicted molar refractivity (Wildman–Crippen MR) is 141 cm³/mol. The minimum absolute atomic E-state index is 0.159. The number of fused-ring (bicyclic) bond motifs is 1. The fourth-order valence-electron chi connectivity index (χ4n) is 5.15. The molecule has 8 heteroatoms. The smallest absolute Gasteiger partial charge is 0.223 e. The summed E-state index contributed by atoms with van der Waals surface area (Å²) in [7, 11) is 1.61. The molecular formula is C29H40N2O6. The third-order valence-electron chi connectivity index (χ3n) is 7.25. The van der Waals surface area contributed by atoms with Gasteiger partial charge in [-0.05, 0) is 67.1 Å². The molecule has 2 aromatic carbocycles. The van der Waals surface area contributed by atoms with Gasteiger partial charge in [-0.2, -0.15) is 0 Å². The van der Waals surface area contributed by atoms with Crippen LogP contribution < -0.4 is 24.3 Å². The van der Waals surface area contributed by atoms with Crippen molar-refractivity contribution in [2.45, 2.75) is 57.7 Å². The first-order valence-electron chi connectivity index (χ1n) is 13.3. The van der Waals surface area contributed by atoms with Gasteiger partial charge in [0.15, 0.2) is 11.5 Å². The normalized spacial score (nSPS) is 21.1. The zero-order valence-electron chi connectivity index (χ0n) is 22.2. The molecule has 2 N–H and O–H groups in total. The van der Waals surface area contributed by atoms with Crippen LogP contribution >= 0.6 is 0 Å². The Hall–Kier alpha value is -2.97. The van der Waals surface area contributed by atoms with Gasteiger partial charge in [0.05, 0.1) is 26.2 Å². The Morgan fingerprint density at radius 2 is 1.84 bits per heavy atom. The molecule has 2 aliphatic rings. The lowest BCUT2D eigenvalue weighted by molar-refractivity contribution is -0.123. The van der Waals surface area contributed by atoms with E-state index in [0.717, 1.165) is 25.1 Å². The molecule has 202 valence electrons. The van der Waals surface area contributed by atoms with E-state index in [1.807, 2.05) is 42.5 Å². The van der Waals surface area contributed by atoms with Crippen molar-refractivity contribution in [3.63, 3.8) is 0 Å². The summed E-state index contributed by atoms with van der Waals surface area (Å²) < 4.78 is 22.3. The van der Waals surface area contributed by atoms with Crippen molar-refractivity contribution < 1.29 is 28.8 Å². The van der Waals surface area contributed by atoms with Gasteiger partial charge in [0, 0.05) is 19.1 Å². The second kappa shape index (κ2) is 13.0. The van der Waals surface area contributed by atoms with E-state index in [2.05, 4.69) is 24.1 Å². The molecule has 1 amide bonds. The molecule has 8 nitrogen and oxygen atoms in total. The second-order valence-electron chi connectivity index (χ2n) is 9.99. The highest BCUT2D eigenvalue weighted by Gasteiger charge is 2.31. The summed E-state index contributed by atoms with van der Waals surface area (Å²) in [5, 5.41) is 14.6. The van der Waals surface area contributed by atoms with E-state index < -0.39 is 12.1 Å². The highest BCUT2D eigenvalue weighted by Crippen LogP contribution is 2.34. The Balaban J connectivity index is 1.43. The largest absolute Gasteiger partial charge is 0.497 e. The van der Waals surface area contributed by atoms with E-state index in [9.17, 15) is 9.90 Å². The number of aliphatic hydroxyl groups excluding tert-OH is 1. The zero-order valence-corrected chi connectivity index (χ0v) is 22.2. The van der Waals surface area contributed by atoms with Crippen LogP contribution in [0, 0.1) is 5.92 Å². The lowest BCUT2D eigenvalue weighted by Crippen LogP contribution is -2.52. The Morgan fingerprint density at radius 3 is 2.57 bits per heavy atom. The van der Waals surface area contributed by atoms with Crippen LogP contribution in [0.25, 0.3) is 0 Å². The number of carbonyl (C=O) groups excluding carboxylic acids is 1. The van der Waals surface area contributed by atoms with Gasteiger partial charge in [-0.1, -0.05) is 19.9 Å². The van der Waals surface area contributed by atoms with E-state index in [-0.39, 0.29) is 18.9 Å². The fraction of sp³-hybridized carbons (Fsp3) is 0.552. The molecule has 0 saturated carbocycles. The van der Waals surface area contributed by atoms with Gasteiger partial charge in [-0.3, -0.25) is 9.69 Å². The summed E-state index contributed by atoms with van der Waals surface area (Å²) in [6, 6.07) is 12.7. The Morgan fingerprint density at radius 1 is 1.11 bits per heavy atom. The highest BCUT2D eigenvalue weighted by atomic mass is 16.6. The first-order valence-corrected chi connectivity index (χ1v) is 13.3. The van der Waals surface area contributed by atoms with Crippen LogP contribution in [0.15, 0.2) is 42.5 Å². The van der Waals surface area contributed by atoms with Crippen molar-refractivity contribution in [3.8, 4) is 23.0 Å². The summed E-state index contributed by atoms with van der Waals surface area (Å²) in [4.78, 5) is 15.4. The number of piperidine rings is 1. The molecule has 0 radical (unpaired) electrons. The molecule has 2 heterocycles. The van der Waals surface area contributed by atoms with Crippen molar-refractivity contribution in [2.75, 3.05) is 40.0 Å². The summed E-state index contributed by atoms with van der Waals surface area (Å²) in [5.74, 6) is 3.15. The third-order valence-corrected chi connectivity index (χ3v) is 7.25. The Labute approximate surface area is 219 Å². The van der Waals surface area contributed by atoms with Crippen LogP contribution in [-0.4, -0.2) is 68.0 Å². The van der Waals surface area contributed by atoms with E-state index in [0.29, 0.717) is 54.5 Å². The van der Waals surface area contributed by atoms with Gasteiger partial charge in [0.2, 0.25) is 5.91 Å². The van der Waals surface area contributed by atoms with Crippen LogP contribution in [0.4, 0.5) is 0 Å². The van der Waals surface area contributed by atoms with Crippen LogP contribution in [0.5, 0.6) is 23.0 Å². The third kappa shape index (κ3) is 7.29. The molecule has 0 aromatic heterocycles. The zero-order chi connectivity index (χ0) is 26.2. The van der Waals surface area contributed by atoms with Gasteiger partial charge in [-0.25, -0.2) is 0 Å². The van der Waals surface area contributed by atoms with Crippen molar-refractivity contribution in [3.05, 3.63) is 48.0 Å². The molecule has 1 fully saturated rings. The minimum Gasteiger partial charge on any atom is -0.497 e. The average Bonchev–Trinajstić information content (AvgIpc) is 2.92. The van der Waals surface area contributed by atoms with Crippen LogP contribution in [0.3, 0.4) is 0 Å². The number of hydrogen-bond acceptors (Lipinski definition) is 7. The first kappa shape index (κ1) is 27.1. The maximum absolute atomic E-state index is 13.0. The first-order chi connectivity index (χ1) is 18.0. The molecule has 0 aliphatic carbocycles. The van der Waals surface area contributed by atoms with Crippen molar-refractivity contribution >= 4 is 5.91 Å². The molecular weight excluding hydrogens is 472 g/mol. The molecule has 0 bridgehead atoms. The number of likely N-dealkylation sites (tertiary alicyclic amines) is 1. The number of ether oxygens (including phenoxy) is 4. The van der Waals surface area contributed by atoms with Crippen LogP contribution in [-0.2, 0) is 4.79 Å². The molecule has 37 heavy (non-hydrogen) atoms.